The van der Waals surface area contributed by atoms with Crippen LogP contribution in [-0.4, -0.2) is 25.0 Å². The molecule has 0 radical (unpaired) electrons. The van der Waals surface area contributed by atoms with Gasteiger partial charge in [-0.05, 0) is 42.7 Å². The normalized spacial score (nSPS) is 17.7. The minimum Gasteiger partial charge on any atom is -0.488 e. The van der Waals surface area contributed by atoms with Crippen LogP contribution in [0.5, 0.6) is 5.75 Å². The second kappa shape index (κ2) is 6.80. The number of hydrogen-bond donors (Lipinski definition) is 0. The fourth-order valence-electron chi connectivity index (χ4n) is 2.77. The topological polar surface area (TPSA) is 12.5 Å². The predicted molar refractivity (Wildman–Crippen MR) is 92.1 cm³/mol. The molecule has 2 aromatic carbocycles. The average molecular weight is 296 g/mol. The van der Waals surface area contributed by atoms with Gasteiger partial charge in [0.05, 0.1) is 0 Å². The third-order valence-corrected chi connectivity index (χ3v) is 4.00. The minimum absolute atomic E-state index is 0.502. The fourth-order valence-corrected chi connectivity index (χ4v) is 2.77. The highest BCUT2D eigenvalue weighted by Gasteiger charge is 2.17. The molecule has 2 heteroatoms. The fraction of sp³-hybridized carbons (Fsp3) is 0.300. The Morgan fingerprint density at radius 3 is 2.73 bits per heavy atom. The lowest BCUT2D eigenvalue weighted by atomic mass is 9.93. The molecule has 0 fully saturated rings. The summed E-state index contributed by atoms with van der Waals surface area (Å²) in [4.78, 5) is 1.52. The maximum Gasteiger partial charge on any atom is 0.127 e. The highest BCUT2D eigenvalue weighted by Crippen LogP contribution is 2.36. The molecule has 114 valence electrons. The van der Waals surface area contributed by atoms with Crippen molar-refractivity contribution in [1.82, 2.24) is 4.90 Å². The molecule has 0 spiro atoms. The van der Waals surface area contributed by atoms with Crippen molar-refractivity contribution in [2.75, 3.05) is 20.1 Å². The third kappa shape index (κ3) is 3.07. The van der Waals surface area contributed by atoms with Gasteiger partial charge >= 0.3 is 0 Å². The summed E-state index contributed by atoms with van der Waals surface area (Å²) < 4.78 is 28.8. The van der Waals surface area contributed by atoms with Crippen LogP contribution in [0.1, 0.15) is 34.1 Å². The molecule has 3 rings (SSSR count). The van der Waals surface area contributed by atoms with E-state index in [4.69, 9.17) is 8.85 Å². The first kappa shape index (κ1) is 11.5. The zero-order chi connectivity index (χ0) is 17.9. The molecular formula is C20H23NO. The second-order valence-electron chi connectivity index (χ2n) is 5.43. The number of hydrogen-bond acceptors (Lipinski definition) is 2. The van der Waals surface area contributed by atoms with Gasteiger partial charge < -0.3 is 9.64 Å². The van der Waals surface area contributed by atoms with Crippen LogP contribution in [0.4, 0.5) is 0 Å². The molecule has 1 aliphatic rings. The van der Waals surface area contributed by atoms with Crippen LogP contribution in [-0.2, 0) is 6.61 Å². The van der Waals surface area contributed by atoms with Crippen molar-refractivity contribution in [3.05, 3.63) is 71.3 Å². The molecule has 2 nitrogen and oxygen atoms in total. The maximum atomic E-state index is 7.60. The largest absolute Gasteiger partial charge is 0.488 e. The van der Waals surface area contributed by atoms with Gasteiger partial charge in [-0.2, -0.15) is 0 Å². The van der Waals surface area contributed by atoms with E-state index in [0.717, 1.165) is 28.0 Å². The first-order valence-electron chi connectivity index (χ1n) is 9.26. The van der Waals surface area contributed by atoms with Gasteiger partial charge in [-0.1, -0.05) is 55.5 Å². The van der Waals surface area contributed by atoms with Crippen molar-refractivity contribution in [2.45, 2.75) is 20.0 Å². The van der Waals surface area contributed by atoms with E-state index < -0.39 is 6.98 Å². The van der Waals surface area contributed by atoms with Gasteiger partial charge in [0.1, 0.15) is 12.4 Å². The van der Waals surface area contributed by atoms with Crippen molar-refractivity contribution < 1.29 is 8.85 Å². The highest BCUT2D eigenvalue weighted by molar-refractivity contribution is 5.84. The Morgan fingerprint density at radius 2 is 1.91 bits per heavy atom. The summed E-state index contributed by atoms with van der Waals surface area (Å²) in [5.41, 5.74) is 4.48. The van der Waals surface area contributed by atoms with Crippen molar-refractivity contribution in [3.8, 4) is 5.75 Å². The number of benzene rings is 2. The lowest BCUT2D eigenvalue weighted by Crippen LogP contribution is -2.18. The van der Waals surface area contributed by atoms with Gasteiger partial charge in [-0.3, -0.25) is 0 Å². The van der Waals surface area contributed by atoms with Crippen LogP contribution in [0.15, 0.2) is 54.6 Å². The van der Waals surface area contributed by atoms with E-state index in [1.165, 1.54) is 4.90 Å². The summed E-state index contributed by atoms with van der Waals surface area (Å²) in [7, 11) is 0. The van der Waals surface area contributed by atoms with Gasteiger partial charge in [0.15, 0.2) is 0 Å². The van der Waals surface area contributed by atoms with Gasteiger partial charge in [0, 0.05) is 16.2 Å². The van der Waals surface area contributed by atoms with E-state index in [1.54, 1.807) is 0 Å². The number of ether oxygens (including phenoxy) is 1. The van der Waals surface area contributed by atoms with Crippen molar-refractivity contribution in [2.24, 2.45) is 0 Å². The van der Waals surface area contributed by atoms with Crippen molar-refractivity contribution >= 4 is 5.57 Å². The van der Waals surface area contributed by atoms with E-state index in [1.807, 2.05) is 37.3 Å². The molecule has 22 heavy (non-hydrogen) atoms. The predicted octanol–water partition coefficient (Wildman–Crippen LogP) is 4.35. The Balaban J connectivity index is 1.94. The number of para-hydroxylation sites is 1. The molecule has 0 aromatic heterocycles. The van der Waals surface area contributed by atoms with Crippen LogP contribution in [0.3, 0.4) is 0 Å². The van der Waals surface area contributed by atoms with E-state index >= 15 is 0 Å². The lowest BCUT2D eigenvalue weighted by Gasteiger charge is -2.14. The summed E-state index contributed by atoms with van der Waals surface area (Å²) in [5, 5.41) is 0. The zero-order valence-corrected chi connectivity index (χ0v) is 12.9. The molecule has 0 atom stereocenters. The Kier molecular flexibility index (Phi) is 3.55. The standard InChI is InChI=1S/C20H23NO/c1-3-21(2)14-8-12-18-17-10-5-4-9-16(17)15-22-20-13-7-6-11-19(18)20/h4-7,9-13H,3,8,14-15H2,1-2H3/b18-12-/i2D3. The maximum absolute atomic E-state index is 7.60. The Morgan fingerprint density at radius 1 is 1.14 bits per heavy atom. The summed E-state index contributed by atoms with van der Waals surface area (Å²) in [6.45, 7) is 1.39. The first-order valence-corrected chi connectivity index (χ1v) is 7.76. The summed E-state index contributed by atoms with van der Waals surface area (Å²) >= 11 is 0. The van der Waals surface area contributed by atoms with Crippen LogP contribution in [0.25, 0.3) is 5.57 Å². The lowest BCUT2D eigenvalue weighted by molar-refractivity contribution is 0.307. The molecule has 1 aliphatic heterocycles. The second-order valence-corrected chi connectivity index (χ2v) is 5.43. The molecule has 0 bridgehead atoms. The number of fused-ring (bicyclic) bond motifs is 2. The molecule has 0 saturated heterocycles. The van der Waals surface area contributed by atoms with Crippen molar-refractivity contribution in [1.29, 1.82) is 0 Å². The third-order valence-electron chi connectivity index (χ3n) is 4.00. The van der Waals surface area contributed by atoms with Gasteiger partial charge in [-0.25, -0.2) is 0 Å². The van der Waals surface area contributed by atoms with Crippen molar-refractivity contribution in [3.63, 3.8) is 0 Å². The van der Waals surface area contributed by atoms with Crippen LogP contribution in [0, 0.1) is 0 Å². The molecule has 1 heterocycles. The van der Waals surface area contributed by atoms with E-state index in [9.17, 15) is 0 Å². The smallest absolute Gasteiger partial charge is 0.127 e. The first-order chi connectivity index (χ1) is 12.0. The van der Waals surface area contributed by atoms with Crippen LogP contribution in [0.2, 0.25) is 0 Å². The number of rotatable bonds is 4. The Bertz CT molecular complexity index is 718. The quantitative estimate of drug-likeness (QED) is 0.831. The summed E-state index contributed by atoms with van der Waals surface area (Å²) in [5.74, 6) is 0.869. The Labute approximate surface area is 137 Å². The number of nitrogens with zero attached hydrogens (tertiary/aromatic N) is 1. The zero-order valence-electron chi connectivity index (χ0n) is 15.9. The monoisotopic (exact) mass is 296 g/mol. The highest BCUT2D eigenvalue weighted by atomic mass is 16.5. The van der Waals surface area contributed by atoms with E-state index in [-0.39, 0.29) is 0 Å². The molecule has 0 unspecified atom stereocenters. The molecule has 0 amide bonds. The van der Waals surface area contributed by atoms with Gasteiger partial charge in [0.2, 0.25) is 0 Å². The molecule has 0 saturated carbocycles. The summed E-state index contributed by atoms with van der Waals surface area (Å²) in [6.07, 6.45) is 2.81. The molecule has 2 aromatic rings. The van der Waals surface area contributed by atoms with E-state index in [0.29, 0.717) is 26.1 Å². The van der Waals surface area contributed by atoms with Crippen LogP contribution >= 0.6 is 0 Å². The van der Waals surface area contributed by atoms with Gasteiger partial charge in [0.25, 0.3) is 0 Å². The molecular weight excluding hydrogens is 270 g/mol. The molecule has 0 aliphatic carbocycles. The van der Waals surface area contributed by atoms with Gasteiger partial charge in [-0.15, -0.1) is 0 Å². The van der Waals surface area contributed by atoms with E-state index in [2.05, 4.69) is 24.3 Å². The average Bonchev–Trinajstić information content (AvgIpc) is 2.75. The minimum atomic E-state index is -2.05. The summed E-state index contributed by atoms with van der Waals surface area (Å²) in [6, 6.07) is 16.2. The molecule has 0 N–H and O–H groups in total. The SMILES string of the molecule is [2H]C([2H])([2H])N(CC)CC/C=C1/c2ccccc2COc2ccccc21. The van der Waals surface area contributed by atoms with Crippen LogP contribution < -0.4 is 4.74 Å². The Hall–Kier alpha value is -2.06.